The molecule has 1 aromatic heterocycles. The molecule has 8 heteroatoms. The number of carbonyl (C=O) groups is 1. The van der Waals surface area contributed by atoms with Crippen LogP contribution in [-0.4, -0.2) is 29.1 Å². The average molecular weight is 388 g/mol. The minimum Gasteiger partial charge on any atom is -0.326 e. The Labute approximate surface area is 158 Å². The normalized spacial score (nSPS) is 18.1. The van der Waals surface area contributed by atoms with Gasteiger partial charge in [-0.05, 0) is 35.6 Å². The summed E-state index contributed by atoms with van der Waals surface area (Å²) in [5.41, 5.74) is 5.58. The average Bonchev–Trinajstić information content (AvgIpc) is 3.15. The molecule has 1 aromatic carbocycles. The lowest BCUT2D eigenvalue weighted by atomic mass is 9.98. The van der Waals surface area contributed by atoms with Gasteiger partial charge in [-0.1, -0.05) is 17.8 Å². The van der Waals surface area contributed by atoms with E-state index in [4.69, 9.17) is 0 Å². The van der Waals surface area contributed by atoms with Gasteiger partial charge in [0.05, 0.1) is 5.71 Å². The van der Waals surface area contributed by atoms with Crippen molar-refractivity contribution in [2.45, 2.75) is 19.3 Å². The molecule has 2 N–H and O–H groups in total. The first-order chi connectivity index (χ1) is 12.7. The number of fused-ring (bicyclic) bond motifs is 1. The molecule has 0 fully saturated rings. The molecular formula is C18H17FN4OS2. The number of hydrogen-bond acceptors (Lipinski definition) is 5. The zero-order chi connectivity index (χ0) is 17.9. The Hall–Kier alpha value is -2.19. The molecule has 0 unspecified atom stereocenters. The minimum atomic E-state index is -0.370. The molecule has 0 bridgehead atoms. The van der Waals surface area contributed by atoms with Gasteiger partial charge < -0.3 is 5.32 Å². The van der Waals surface area contributed by atoms with Crippen LogP contribution in [0.3, 0.4) is 0 Å². The number of benzene rings is 1. The van der Waals surface area contributed by atoms with Crippen molar-refractivity contribution >= 4 is 45.6 Å². The third-order valence-corrected chi connectivity index (χ3v) is 6.07. The molecule has 134 valence electrons. The van der Waals surface area contributed by atoms with E-state index >= 15 is 0 Å². The second-order valence-electron chi connectivity index (χ2n) is 6.01. The lowest BCUT2D eigenvalue weighted by Gasteiger charge is -2.20. The van der Waals surface area contributed by atoms with Crippen LogP contribution in [0, 0.1) is 5.82 Å². The number of carbonyl (C=O) groups excluding carboxylic acids is 1. The number of anilines is 1. The highest BCUT2D eigenvalue weighted by molar-refractivity contribution is 8.14. The number of thiophene rings is 1. The lowest BCUT2D eigenvalue weighted by Crippen LogP contribution is -2.27. The van der Waals surface area contributed by atoms with Crippen molar-refractivity contribution in [3.05, 3.63) is 51.5 Å². The predicted octanol–water partition coefficient (Wildman–Crippen LogP) is 3.41. The molecule has 0 aliphatic carbocycles. The van der Waals surface area contributed by atoms with Gasteiger partial charge in [0.2, 0.25) is 5.91 Å². The van der Waals surface area contributed by atoms with Crippen LogP contribution in [0.2, 0.25) is 0 Å². The molecule has 0 atom stereocenters. The first-order valence-corrected chi connectivity index (χ1v) is 10.2. The van der Waals surface area contributed by atoms with Crippen LogP contribution in [-0.2, 0) is 17.6 Å². The summed E-state index contributed by atoms with van der Waals surface area (Å²) in [6, 6.07) is 7.32. The van der Waals surface area contributed by atoms with E-state index in [-0.39, 0.29) is 11.7 Å². The van der Waals surface area contributed by atoms with E-state index in [0.717, 1.165) is 17.2 Å². The van der Waals surface area contributed by atoms with Gasteiger partial charge in [-0.2, -0.15) is 5.10 Å². The van der Waals surface area contributed by atoms with Gasteiger partial charge in [0, 0.05) is 41.3 Å². The van der Waals surface area contributed by atoms with Crippen LogP contribution in [0.1, 0.15) is 22.4 Å². The first-order valence-electron chi connectivity index (χ1n) is 8.34. The molecule has 0 spiro atoms. The van der Waals surface area contributed by atoms with Crippen LogP contribution >= 0.6 is 23.1 Å². The molecule has 0 saturated heterocycles. The van der Waals surface area contributed by atoms with E-state index in [2.05, 4.69) is 32.3 Å². The van der Waals surface area contributed by atoms with E-state index in [1.54, 1.807) is 17.4 Å². The molecule has 4 rings (SSSR count). The minimum absolute atomic E-state index is 0.0692. The number of amidine groups is 1. The zero-order valence-electron chi connectivity index (χ0n) is 13.9. The van der Waals surface area contributed by atoms with Gasteiger partial charge >= 0.3 is 0 Å². The van der Waals surface area contributed by atoms with Gasteiger partial charge in [-0.25, -0.2) is 4.39 Å². The molecule has 0 radical (unpaired) electrons. The lowest BCUT2D eigenvalue weighted by molar-refractivity contribution is -0.116. The maximum absolute atomic E-state index is 14.4. The largest absolute Gasteiger partial charge is 0.326 e. The van der Waals surface area contributed by atoms with Crippen molar-refractivity contribution < 1.29 is 9.18 Å². The topological polar surface area (TPSA) is 65.8 Å². The maximum atomic E-state index is 14.4. The predicted molar refractivity (Wildman–Crippen MR) is 106 cm³/mol. The van der Waals surface area contributed by atoms with Crippen molar-refractivity contribution in [3.8, 4) is 0 Å². The maximum Gasteiger partial charge on any atom is 0.224 e. The van der Waals surface area contributed by atoms with E-state index < -0.39 is 0 Å². The van der Waals surface area contributed by atoms with Gasteiger partial charge in [-0.3, -0.25) is 15.2 Å². The highest BCUT2D eigenvalue weighted by Crippen LogP contribution is 2.27. The second kappa shape index (κ2) is 7.59. The summed E-state index contributed by atoms with van der Waals surface area (Å²) in [4.78, 5) is 17.3. The SMILES string of the molecule is O=C1CCc2cc(C3=NNC(=NCCc4cccs4)SC3)c(F)cc2N1. The molecule has 5 nitrogen and oxygen atoms in total. The van der Waals surface area contributed by atoms with Crippen molar-refractivity contribution in [3.63, 3.8) is 0 Å². The van der Waals surface area contributed by atoms with Gasteiger partial charge in [-0.15, -0.1) is 11.3 Å². The summed E-state index contributed by atoms with van der Waals surface area (Å²) >= 11 is 3.25. The van der Waals surface area contributed by atoms with Gasteiger partial charge in [0.25, 0.3) is 0 Å². The van der Waals surface area contributed by atoms with Crippen molar-refractivity contribution in [1.82, 2.24) is 5.43 Å². The van der Waals surface area contributed by atoms with E-state index in [0.29, 0.717) is 42.1 Å². The highest BCUT2D eigenvalue weighted by atomic mass is 32.2. The quantitative estimate of drug-likeness (QED) is 0.844. The summed E-state index contributed by atoms with van der Waals surface area (Å²) in [5.74, 6) is 0.123. The number of aliphatic imine (C=N–C) groups is 1. The summed E-state index contributed by atoms with van der Waals surface area (Å²) in [5, 5.41) is 9.85. The number of thioether (sulfide) groups is 1. The van der Waals surface area contributed by atoms with E-state index in [1.165, 1.54) is 22.7 Å². The smallest absolute Gasteiger partial charge is 0.224 e. The van der Waals surface area contributed by atoms with E-state index in [1.807, 2.05) is 6.07 Å². The van der Waals surface area contributed by atoms with Crippen molar-refractivity contribution in [1.29, 1.82) is 0 Å². The molecule has 0 saturated carbocycles. The highest BCUT2D eigenvalue weighted by Gasteiger charge is 2.21. The van der Waals surface area contributed by atoms with Crippen LogP contribution in [0.5, 0.6) is 0 Å². The fourth-order valence-corrected chi connectivity index (χ4v) is 4.37. The first kappa shape index (κ1) is 17.2. The second-order valence-corrected chi connectivity index (χ2v) is 8.01. The molecule has 26 heavy (non-hydrogen) atoms. The number of nitrogens with one attached hydrogen (secondary N) is 2. The molecule has 1 amide bonds. The number of rotatable bonds is 4. The Morgan fingerprint density at radius 3 is 3.00 bits per heavy atom. The van der Waals surface area contributed by atoms with Crippen LogP contribution in [0.25, 0.3) is 0 Å². The Kier molecular flexibility index (Phi) is 5.03. The van der Waals surface area contributed by atoms with Crippen LogP contribution in [0.4, 0.5) is 10.1 Å². The summed E-state index contributed by atoms with van der Waals surface area (Å²) in [6.45, 7) is 0.702. The standard InChI is InChI=1S/C18H17FN4OS2/c19-14-9-15-11(3-4-17(24)21-15)8-13(14)16-10-26-18(23-22-16)20-6-5-12-2-1-7-25-12/h1-2,7-9H,3-6,10H2,(H,20,23)(H,21,24). The Balaban J connectivity index is 1.44. The Morgan fingerprint density at radius 2 is 2.23 bits per heavy atom. The third-order valence-electron chi connectivity index (χ3n) is 4.23. The van der Waals surface area contributed by atoms with Crippen LogP contribution < -0.4 is 10.7 Å². The van der Waals surface area contributed by atoms with Gasteiger partial charge in [0.15, 0.2) is 5.17 Å². The fraction of sp³-hybridized carbons (Fsp3) is 0.278. The number of nitrogens with zero attached hydrogens (tertiary/aromatic N) is 2. The molecule has 3 heterocycles. The third kappa shape index (κ3) is 3.81. The van der Waals surface area contributed by atoms with E-state index in [9.17, 15) is 9.18 Å². The molecule has 2 aliphatic heterocycles. The molecular weight excluding hydrogens is 371 g/mol. The van der Waals surface area contributed by atoms with Gasteiger partial charge in [0.1, 0.15) is 5.82 Å². The number of aryl methyl sites for hydroxylation is 1. The number of hydrogen-bond donors (Lipinski definition) is 2. The number of halogens is 1. The summed E-state index contributed by atoms with van der Waals surface area (Å²) < 4.78 is 14.4. The Morgan fingerprint density at radius 1 is 1.31 bits per heavy atom. The summed E-state index contributed by atoms with van der Waals surface area (Å²) in [7, 11) is 0. The van der Waals surface area contributed by atoms with Crippen molar-refractivity contribution in [2.24, 2.45) is 10.1 Å². The number of amides is 1. The van der Waals surface area contributed by atoms with Crippen molar-refractivity contribution in [2.75, 3.05) is 17.6 Å². The fourth-order valence-electron chi connectivity index (χ4n) is 2.88. The zero-order valence-corrected chi connectivity index (χ0v) is 15.6. The molecule has 2 aromatic rings. The number of hydrazone groups is 1. The monoisotopic (exact) mass is 388 g/mol. The summed E-state index contributed by atoms with van der Waals surface area (Å²) in [6.07, 6.45) is 1.96. The molecule has 2 aliphatic rings. The van der Waals surface area contributed by atoms with Crippen LogP contribution in [0.15, 0.2) is 39.7 Å². The Bertz CT molecular complexity index is 893.